The van der Waals surface area contributed by atoms with E-state index in [9.17, 15) is 4.79 Å². The van der Waals surface area contributed by atoms with Gasteiger partial charge >= 0.3 is 0 Å². The molecule has 0 aliphatic heterocycles. The maximum Gasteiger partial charge on any atom is 0.200 e. The summed E-state index contributed by atoms with van der Waals surface area (Å²) < 4.78 is 18.8. The van der Waals surface area contributed by atoms with E-state index in [2.05, 4.69) is 79.7 Å². The number of carbonyl (C=O) groups is 1. The van der Waals surface area contributed by atoms with E-state index in [4.69, 9.17) is 13.9 Å². The summed E-state index contributed by atoms with van der Waals surface area (Å²) in [5.74, 6) is 1.47. The van der Waals surface area contributed by atoms with E-state index >= 15 is 0 Å². The third-order valence-corrected chi connectivity index (χ3v) is 14.8. The number of Topliss-reactive ketones (excluding diaryl/α,β-unsaturated/α-hetero) is 1. The van der Waals surface area contributed by atoms with Gasteiger partial charge in [0.15, 0.2) is 0 Å². The quantitative estimate of drug-likeness (QED) is 0.208. The smallest absolute Gasteiger partial charge is 0.200 e. The first-order chi connectivity index (χ1) is 19.0. The lowest BCUT2D eigenvalue weighted by molar-refractivity contribution is -0.119. The molecule has 0 heterocycles. The molecule has 0 fully saturated rings. The zero-order valence-corrected chi connectivity index (χ0v) is 27.8. The summed E-state index contributed by atoms with van der Waals surface area (Å²) in [4.78, 5) is 12.6. The minimum absolute atomic E-state index is 0.159. The maximum atomic E-state index is 12.6. The zero-order valence-electron chi connectivity index (χ0n) is 26.8. The van der Waals surface area contributed by atoms with Crippen molar-refractivity contribution in [3.05, 3.63) is 65.3 Å². The van der Waals surface area contributed by atoms with Crippen molar-refractivity contribution in [3.8, 4) is 5.75 Å². The molecule has 0 bridgehead atoms. The molecule has 0 saturated carbocycles. The Labute approximate surface area is 246 Å². The first kappa shape index (κ1) is 34.2. The van der Waals surface area contributed by atoms with Gasteiger partial charge in [0, 0.05) is 12.8 Å². The Kier molecular flexibility index (Phi) is 14.6. The first-order valence-corrected chi connectivity index (χ1v) is 17.6. The second-order valence-electron chi connectivity index (χ2n) is 12.5. The molecule has 0 amide bonds. The van der Waals surface area contributed by atoms with Crippen molar-refractivity contribution in [2.24, 2.45) is 5.92 Å². The van der Waals surface area contributed by atoms with Gasteiger partial charge in [0.25, 0.3) is 0 Å². The van der Waals surface area contributed by atoms with Gasteiger partial charge in [0.1, 0.15) is 11.5 Å². The summed E-state index contributed by atoms with van der Waals surface area (Å²) in [6, 6.07) is 8.01. The van der Waals surface area contributed by atoms with Crippen molar-refractivity contribution in [3.63, 3.8) is 0 Å². The molecule has 1 aromatic rings. The second-order valence-corrected chi connectivity index (χ2v) is 17.9. The molecule has 224 valence electrons. The highest BCUT2D eigenvalue weighted by Gasteiger charge is 2.47. The van der Waals surface area contributed by atoms with Crippen LogP contribution >= 0.6 is 0 Å². The van der Waals surface area contributed by atoms with Crippen molar-refractivity contribution >= 4 is 14.1 Å². The molecule has 1 aliphatic carbocycles. The molecule has 0 saturated heterocycles. The highest BCUT2D eigenvalue weighted by atomic mass is 28.4. The van der Waals surface area contributed by atoms with Gasteiger partial charge in [0.2, 0.25) is 8.32 Å². The number of carbonyl (C=O) groups excluding carboxylic acids is 1. The molecular weight excluding hydrogens is 512 g/mol. The molecule has 0 N–H and O–H groups in total. The van der Waals surface area contributed by atoms with Crippen molar-refractivity contribution in [1.29, 1.82) is 0 Å². The predicted octanol–water partition coefficient (Wildman–Crippen LogP) is 9.76. The molecule has 1 aliphatic rings. The molecule has 0 unspecified atom stereocenters. The minimum atomic E-state index is -2.03. The average Bonchev–Trinajstić information content (AvgIpc) is 2.91. The van der Waals surface area contributed by atoms with Crippen molar-refractivity contribution in [2.45, 2.75) is 123 Å². The van der Waals surface area contributed by atoms with Crippen molar-refractivity contribution in [2.75, 3.05) is 13.7 Å². The van der Waals surface area contributed by atoms with Gasteiger partial charge in [-0.15, -0.1) is 0 Å². The van der Waals surface area contributed by atoms with Gasteiger partial charge in [-0.2, -0.15) is 0 Å². The maximum absolute atomic E-state index is 12.6. The van der Waals surface area contributed by atoms with E-state index in [1.165, 1.54) is 11.1 Å². The summed E-state index contributed by atoms with van der Waals surface area (Å²) in [7, 11) is -0.356. The molecule has 40 heavy (non-hydrogen) atoms. The van der Waals surface area contributed by atoms with E-state index in [0.29, 0.717) is 54.4 Å². The number of rotatable bonds is 10. The molecule has 0 aromatic heterocycles. The topological polar surface area (TPSA) is 44.8 Å². The fraction of sp³-hybridized carbons (Fsp3) is 0.629. The van der Waals surface area contributed by atoms with Crippen LogP contribution in [0, 0.1) is 5.92 Å². The third-order valence-electron chi connectivity index (χ3n) is 8.72. The third kappa shape index (κ3) is 10.1. The normalized spacial score (nSPS) is 23.8. The van der Waals surface area contributed by atoms with Crippen LogP contribution in [0.25, 0.3) is 0 Å². The highest BCUT2D eigenvalue weighted by molar-refractivity contribution is 6.77. The van der Waals surface area contributed by atoms with Gasteiger partial charge in [0.05, 0.1) is 26.4 Å². The lowest BCUT2D eigenvalue weighted by atomic mass is 9.94. The van der Waals surface area contributed by atoms with E-state index in [1.807, 2.05) is 24.3 Å². The van der Waals surface area contributed by atoms with Gasteiger partial charge in [-0.1, -0.05) is 90.5 Å². The largest absolute Gasteiger partial charge is 0.497 e. The first-order valence-electron chi connectivity index (χ1n) is 15.4. The van der Waals surface area contributed by atoms with Gasteiger partial charge in [-0.3, -0.25) is 4.79 Å². The molecule has 2 rings (SSSR count). The number of methoxy groups -OCH3 is 1. The Hall–Kier alpha value is -1.95. The highest BCUT2D eigenvalue weighted by Crippen LogP contribution is 2.44. The van der Waals surface area contributed by atoms with E-state index in [1.54, 1.807) is 7.11 Å². The van der Waals surface area contributed by atoms with Crippen molar-refractivity contribution in [1.82, 2.24) is 0 Å². The van der Waals surface area contributed by atoms with Crippen LogP contribution in [0.5, 0.6) is 5.75 Å². The van der Waals surface area contributed by atoms with Crippen LogP contribution in [0.4, 0.5) is 0 Å². The van der Waals surface area contributed by atoms with Gasteiger partial charge in [-0.05, 0) is 78.4 Å². The zero-order chi connectivity index (χ0) is 29.7. The number of benzene rings is 1. The number of ketones is 1. The molecule has 4 nitrogen and oxygen atoms in total. The van der Waals surface area contributed by atoms with Crippen molar-refractivity contribution < 1.29 is 18.7 Å². The fourth-order valence-corrected chi connectivity index (χ4v) is 11.9. The molecular formula is C35H56O4Si. The summed E-state index contributed by atoms with van der Waals surface area (Å²) in [6.45, 7) is 19.8. The van der Waals surface area contributed by atoms with Crippen LogP contribution in [0.1, 0.15) is 99.5 Å². The SMILES string of the molecule is COc1ccc(COC/C2=C(\C)CC[C@H](O[Si](C(C)C)(C(C)C)C(C)C)[C@@H](C)/C=C/C=C\CCC(=O)CC2)cc1. The Morgan fingerprint density at radius 1 is 0.875 bits per heavy atom. The van der Waals surface area contributed by atoms with E-state index in [0.717, 1.165) is 37.0 Å². The molecule has 0 radical (unpaired) electrons. The summed E-state index contributed by atoms with van der Waals surface area (Å²) >= 11 is 0. The van der Waals surface area contributed by atoms with Crippen LogP contribution in [0.3, 0.4) is 0 Å². The average molecular weight is 569 g/mol. The number of allylic oxidation sites excluding steroid dienone is 4. The Morgan fingerprint density at radius 3 is 2.12 bits per heavy atom. The standard InChI is InChI=1S/C35H56O4Si/c1-26(2)40(27(3)4,28(5)6)39-35-23-16-29(7)32(25-38-24-31-17-21-34(37-9)22-18-31)19-20-33(36)15-13-11-10-12-14-30(35)8/h10-12,14,17-18,21-22,26-28,30,35H,13,15-16,19-20,23-25H2,1-9H3/b11-10-,14-12+,32-29+/t30-,35-/m0/s1. The number of hydrogen-bond donors (Lipinski definition) is 0. The molecule has 2 atom stereocenters. The monoisotopic (exact) mass is 568 g/mol. The molecule has 0 spiro atoms. The lowest BCUT2D eigenvalue weighted by Crippen LogP contribution is -2.51. The minimum Gasteiger partial charge on any atom is -0.497 e. The summed E-state index contributed by atoms with van der Waals surface area (Å²) in [5.41, 5.74) is 5.35. The Morgan fingerprint density at radius 2 is 1.52 bits per heavy atom. The Balaban J connectivity index is 2.30. The van der Waals surface area contributed by atoms with Crippen LogP contribution in [0.15, 0.2) is 59.7 Å². The lowest BCUT2D eigenvalue weighted by Gasteiger charge is -2.45. The van der Waals surface area contributed by atoms with Gasteiger partial charge in [-0.25, -0.2) is 0 Å². The number of ether oxygens (including phenoxy) is 2. The van der Waals surface area contributed by atoms with E-state index in [-0.39, 0.29) is 6.10 Å². The molecule has 1 aromatic carbocycles. The Bertz CT molecular complexity index is 965. The fourth-order valence-electron chi connectivity index (χ4n) is 6.26. The predicted molar refractivity (Wildman–Crippen MR) is 171 cm³/mol. The summed E-state index contributed by atoms with van der Waals surface area (Å²) in [6.07, 6.45) is 13.4. The van der Waals surface area contributed by atoms with Crippen LogP contribution < -0.4 is 4.74 Å². The van der Waals surface area contributed by atoms with Crippen LogP contribution in [0.2, 0.25) is 16.6 Å². The van der Waals surface area contributed by atoms with E-state index < -0.39 is 8.32 Å². The van der Waals surface area contributed by atoms with Crippen LogP contribution in [-0.4, -0.2) is 33.9 Å². The number of hydrogen-bond acceptors (Lipinski definition) is 4. The summed E-state index contributed by atoms with van der Waals surface area (Å²) in [5, 5.41) is 0. The van der Waals surface area contributed by atoms with Gasteiger partial charge < -0.3 is 13.9 Å². The molecule has 5 heteroatoms. The second kappa shape index (κ2) is 17.1. The van der Waals surface area contributed by atoms with Crippen LogP contribution in [-0.2, 0) is 20.6 Å².